The average molecular weight is 414 g/mol. The summed E-state index contributed by atoms with van der Waals surface area (Å²) in [6.07, 6.45) is 0. The van der Waals surface area contributed by atoms with Gasteiger partial charge < -0.3 is 14.0 Å². The van der Waals surface area contributed by atoms with Gasteiger partial charge in [0.2, 0.25) is 0 Å². The van der Waals surface area contributed by atoms with Gasteiger partial charge >= 0.3 is 0 Å². The maximum Gasteiger partial charge on any atom is 0.178 e. The van der Waals surface area contributed by atoms with Crippen molar-refractivity contribution in [3.8, 4) is 5.75 Å². The maximum atomic E-state index is 13.0. The lowest BCUT2D eigenvalue weighted by atomic mass is 10.1. The predicted molar refractivity (Wildman–Crippen MR) is 120 cm³/mol. The number of nitrogens with zero attached hydrogens (tertiary/aromatic N) is 3. The van der Waals surface area contributed by atoms with Gasteiger partial charge in [0.1, 0.15) is 5.75 Å². The van der Waals surface area contributed by atoms with Gasteiger partial charge in [-0.3, -0.25) is 14.6 Å². The van der Waals surface area contributed by atoms with Gasteiger partial charge in [-0.1, -0.05) is 17.7 Å². The number of hydrogen-bond acceptors (Lipinski definition) is 5. The third-order valence-corrected chi connectivity index (χ3v) is 6.06. The molecular weight excluding hydrogens is 378 g/mol. The summed E-state index contributed by atoms with van der Waals surface area (Å²) < 4.78 is 12.9. The van der Waals surface area contributed by atoms with Gasteiger partial charge in [0.15, 0.2) is 5.78 Å². The van der Waals surface area contributed by atoms with Crippen LogP contribution in [0.25, 0.3) is 0 Å². The molecule has 1 aliphatic heterocycles. The van der Waals surface area contributed by atoms with Gasteiger partial charge in [0.25, 0.3) is 0 Å². The van der Waals surface area contributed by atoms with E-state index in [0.29, 0.717) is 13.2 Å². The van der Waals surface area contributed by atoms with E-state index in [4.69, 9.17) is 9.47 Å². The molecule has 0 spiro atoms. The quantitative estimate of drug-likeness (QED) is 0.592. The zero-order valence-electron chi connectivity index (χ0n) is 19.0. The molecule has 3 rings (SSSR count). The fourth-order valence-electron chi connectivity index (χ4n) is 4.28. The minimum absolute atomic E-state index is 0.209. The molecule has 0 saturated carbocycles. The largest absolute Gasteiger partial charge is 0.496 e. The monoisotopic (exact) mass is 413 g/mol. The second-order valence-corrected chi connectivity index (χ2v) is 8.22. The van der Waals surface area contributed by atoms with Crippen molar-refractivity contribution in [1.29, 1.82) is 0 Å². The smallest absolute Gasteiger partial charge is 0.178 e. The molecule has 1 aromatic carbocycles. The summed E-state index contributed by atoms with van der Waals surface area (Å²) in [4.78, 5) is 17.7. The number of rotatable bonds is 9. The Bertz CT molecular complexity index is 867. The number of methoxy groups -OCH3 is 2. The van der Waals surface area contributed by atoms with Crippen LogP contribution < -0.4 is 4.74 Å². The van der Waals surface area contributed by atoms with E-state index in [-0.39, 0.29) is 5.78 Å². The average Bonchev–Trinajstić information content (AvgIpc) is 3.02. The first-order valence-corrected chi connectivity index (χ1v) is 10.7. The molecule has 30 heavy (non-hydrogen) atoms. The van der Waals surface area contributed by atoms with Crippen LogP contribution >= 0.6 is 0 Å². The van der Waals surface area contributed by atoms with Crippen LogP contribution in [0.4, 0.5) is 0 Å². The topological polar surface area (TPSA) is 46.9 Å². The van der Waals surface area contributed by atoms with Gasteiger partial charge in [-0.15, -0.1) is 0 Å². The standard InChI is InChI=1S/C24H35N3O3/c1-18-6-7-24(30-5)21(14-18)16-25-8-10-26(11-9-25)17-23(28)22-15-19(2)27(20(22)3)12-13-29-4/h6-7,14-15H,8-13,16-17H2,1-5H3. The van der Waals surface area contributed by atoms with Crippen molar-refractivity contribution >= 4 is 5.78 Å². The van der Waals surface area contributed by atoms with Crippen molar-refractivity contribution in [3.05, 3.63) is 52.3 Å². The molecule has 164 valence electrons. The van der Waals surface area contributed by atoms with E-state index in [1.807, 2.05) is 19.1 Å². The van der Waals surface area contributed by atoms with Crippen LogP contribution in [0.1, 0.15) is 32.9 Å². The minimum atomic E-state index is 0.209. The lowest BCUT2D eigenvalue weighted by molar-refractivity contribution is 0.0842. The number of Topliss-reactive ketones (excluding diaryl/α,β-unsaturated/α-hetero) is 1. The number of hydrogen-bond donors (Lipinski definition) is 0. The first-order chi connectivity index (χ1) is 14.4. The number of piperazine rings is 1. The summed E-state index contributed by atoms with van der Waals surface area (Å²) >= 11 is 0. The normalized spacial score (nSPS) is 15.5. The summed E-state index contributed by atoms with van der Waals surface area (Å²) in [5.74, 6) is 1.16. The summed E-state index contributed by atoms with van der Waals surface area (Å²) in [6, 6.07) is 8.35. The molecule has 6 heteroatoms. The van der Waals surface area contributed by atoms with Crippen LogP contribution in [-0.4, -0.2) is 73.7 Å². The van der Waals surface area contributed by atoms with Crippen LogP contribution in [-0.2, 0) is 17.8 Å². The molecular formula is C24H35N3O3. The summed E-state index contributed by atoms with van der Waals surface area (Å²) in [5, 5.41) is 0. The number of benzene rings is 1. The fourth-order valence-corrected chi connectivity index (χ4v) is 4.28. The lowest BCUT2D eigenvalue weighted by Crippen LogP contribution is -2.47. The molecule has 0 unspecified atom stereocenters. The Hall–Kier alpha value is -2.15. The zero-order valence-corrected chi connectivity index (χ0v) is 19.0. The highest BCUT2D eigenvalue weighted by atomic mass is 16.5. The van der Waals surface area contributed by atoms with E-state index >= 15 is 0 Å². The van der Waals surface area contributed by atoms with E-state index in [1.165, 1.54) is 11.1 Å². The van der Waals surface area contributed by atoms with Crippen molar-refractivity contribution in [2.24, 2.45) is 0 Å². The highest BCUT2D eigenvalue weighted by Gasteiger charge is 2.22. The first kappa shape index (κ1) is 22.5. The second-order valence-electron chi connectivity index (χ2n) is 8.22. The van der Waals surface area contributed by atoms with Gasteiger partial charge in [0, 0.05) is 68.9 Å². The Morgan fingerprint density at radius 1 is 1.00 bits per heavy atom. The Balaban J connectivity index is 1.55. The number of ether oxygens (including phenoxy) is 2. The SMILES string of the molecule is COCCn1c(C)cc(C(=O)CN2CCN(Cc3cc(C)ccc3OC)CC2)c1C. The van der Waals surface area contributed by atoms with Crippen LogP contribution in [0, 0.1) is 20.8 Å². The van der Waals surface area contributed by atoms with Gasteiger partial charge in [-0.05, 0) is 32.9 Å². The molecule has 2 heterocycles. The maximum absolute atomic E-state index is 13.0. The minimum Gasteiger partial charge on any atom is -0.496 e. The fraction of sp³-hybridized carbons (Fsp3) is 0.542. The Morgan fingerprint density at radius 3 is 2.37 bits per heavy atom. The number of carbonyl (C=O) groups excluding carboxylic acids is 1. The number of carbonyl (C=O) groups is 1. The summed E-state index contributed by atoms with van der Waals surface area (Å²) in [5.41, 5.74) is 5.48. The third kappa shape index (κ3) is 5.31. The molecule has 1 fully saturated rings. The number of aromatic nitrogens is 1. The molecule has 0 radical (unpaired) electrons. The first-order valence-electron chi connectivity index (χ1n) is 10.7. The third-order valence-electron chi connectivity index (χ3n) is 6.06. The zero-order chi connectivity index (χ0) is 21.7. The van der Waals surface area contributed by atoms with Crippen molar-refractivity contribution in [3.63, 3.8) is 0 Å². The van der Waals surface area contributed by atoms with E-state index in [0.717, 1.165) is 62.0 Å². The number of ketones is 1. The molecule has 1 saturated heterocycles. The summed E-state index contributed by atoms with van der Waals surface area (Å²) in [6.45, 7) is 12.7. The lowest BCUT2D eigenvalue weighted by Gasteiger charge is -2.34. The molecule has 0 aliphatic carbocycles. The molecule has 0 bridgehead atoms. The molecule has 1 aliphatic rings. The van der Waals surface area contributed by atoms with Gasteiger partial charge in [-0.25, -0.2) is 0 Å². The molecule has 0 atom stereocenters. The van der Waals surface area contributed by atoms with E-state index in [9.17, 15) is 4.79 Å². The van der Waals surface area contributed by atoms with Crippen LogP contribution in [0.3, 0.4) is 0 Å². The van der Waals surface area contributed by atoms with Gasteiger partial charge in [0.05, 0.1) is 20.3 Å². The van der Waals surface area contributed by atoms with Crippen molar-refractivity contribution < 1.29 is 14.3 Å². The Labute approximate surface area is 180 Å². The molecule has 6 nitrogen and oxygen atoms in total. The van der Waals surface area contributed by atoms with E-state index in [2.05, 4.69) is 40.3 Å². The molecule has 1 aromatic heterocycles. The second kappa shape index (κ2) is 10.2. The van der Waals surface area contributed by atoms with Crippen LogP contribution in [0.5, 0.6) is 5.75 Å². The van der Waals surface area contributed by atoms with Crippen molar-refractivity contribution in [1.82, 2.24) is 14.4 Å². The highest BCUT2D eigenvalue weighted by molar-refractivity contribution is 5.99. The van der Waals surface area contributed by atoms with Gasteiger partial charge in [-0.2, -0.15) is 0 Å². The summed E-state index contributed by atoms with van der Waals surface area (Å²) in [7, 11) is 3.43. The number of aryl methyl sites for hydroxylation is 2. The van der Waals surface area contributed by atoms with E-state index in [1.54, 1.807) is 14.2 Å². The van der Waals surface area contributed by atoms with Crippen molar-refractivity contribution in [2.75, 3.05) is 53.6 Å². The van der Waals surface area contributed by atoms with E-state index < -0.39 is 0 Å². The van der Waals surface area contributed by atoms with Crippen molar-refractivity contribution in [2.45, 2.75) is 33.9 Å². The Kier molecular flexibility index (Phi) is 7.69. The predicted octanol–water partition coefficient (Wildman–Crippen LogP) is 3.07. The molecule has 0 N–H and O–H groups in total. The van der Waals surface area contributed by atoms with Crippen LogP contribution in [0.2, 0.25) is 0 Å². The molecule has 2 aromatic rings. The molecule has 0 amide bonds. The highest BCUT2D eigenvalue weighted by Crippen LogP contribution is 2.22. The van der Waals surface area contributed by atoms with Crippen LogP contribution in [0.15, 0.2) is 24.3 Å². The Morgan fingerprint density at radius 2 is 1.70 bits per heavy atom.